The Bertz CT molecular complexity index is 631. The van der Waals surface area contributed by atoms with Crippen molar-refractivity contribution in [3.05, 3.63) is 34.4 Å². The van der Waals surface area contributed by atoms with E-state index in [4.69, 9.17) is 0 Å². The Kier molecular flexibility index (Phi) is 10.6. The van der Waals surface area contributed by atoms with Gasteiger partial charge in [-0.1, -0.05) is 12.1 Å². The van der Waals surface area contributed by atoms with E-state index >= 15 is 0 Å². The lowest BCUT2D eigenvalue weighted by molar-refractivity contribution is -0.384. The van der Waals surface area contributed by atoms with Crippen LogP contribution in [0.25, 0.3) is 0 Å². The van der Waals surface area contributed by atoms with Gasteiger partial charge in [-0.05, 0) is 26.8 Å². The summed E-state index contributed by atoms with van der Waals surface area (Å²) in [6.07, 6.45) is 0. The van der Waals surface area contributed by atoms with Crippen LogP contribution >= 0.6 is 24.0 Å². The first-order valence-corrected chi connectivity index (χ1v) is 7.96. The van der Waals surface area contributed by atoms with Crippen LogP contribution in [0.5, 0.6) is 0 Å². The van der Waals surface area contributed by atoms with Gasteiger partial charge in [0.15, 0.2) is 5.96 Å². The van der Waals surface area contributed by atoms with Gasteiger partial charge in [0.05, 0.1) is 11.5 Å². The molecule has 10 heteroatoms. The van der Waals surface area contributed by atoms with E-state index in [-0.39, 0.29) is 47.7 Å². The van der Waals surface area contributed by atoms with Crippen molar-refractivity contribution in [3.8, 4) is 0 Å². The van der Waals surface area contributed by atoms with E-state index in [1.54, 1.807) is 25.2 Å². The molecular weight excluding hydrogens is 451 g/mol. The van der Waals surface area contributed by atoms with E-state index in [0.717, 1.165) is 0 Å². The number of nitrogens with zero attached hydrogens (tertiary/aromatic N) is 2. The Labute approximate surface area is 170 Å². The molecule has 0 aromatic heterocycles. The first-order valence-electron chi connectivity index (χ1n) is 7.96. The molecule has 26 heavy (non-hydrogen) atoms. The molecule has 9 nitrogen and oxygen atoms in total. The fraction of sp³-hybridized carbons (Fsp3) is 0.500. The fourth-order valence-electron chi connectivity index (χ4n) is 2.01. The number of guanidine groups is 1. The highest BCUT2D eigenvalue weighted by Crippen LogP contribution is 2.22. The highest BCUT2D eigenvalue weighted by Gasteiger charge is 2.14. The number of halogens is 1. The zero-order valence-electron chi connectivity index (χ0n) is 15.5. The van der Waals surface area contributed by atoms with Crippen LogP contribution in [0.15, 0.2) is 29.3 Å². The van der Waals surface area contributed by atoms with Gasteiger partial charge in [-0.15, -0.1) is 24.0 Å². The van der Waals surface area contributed by atoms with Crippen LogP contribution < -0.4 is 21.3 Å². The molecule has 0 heterocycles. The number of nitro benzene ring substituents is 1. The van der Waals surface area contributed by atoms with Gasteiger partial charge in [0.25, 0.3) is 5.69 Å². The Morgan fingerprint density at radius 2 is 1.85 bits per heavy atom. The van der Waals surface area contributed by atoms with Crippen molar-refractivity contribution < 1.29 is 9.72 Å². The third-order valence-corrected chi connectivity index (χ3v) is 2.99. The van der Waals surface area contributed by atoms with Gasteiger partial charge in [-0.3, -0.25) is 19.9 Å². The Morgan fingerprint density at radius 1 is 1.19 bits per heavy atom. The smallest absolute Gasteiger partial charge is 0.292 e. The normalized spacial score (nSPS) is 11.2. The van der Waals surface area contributed by atoms with E-state index in [0.29, 0.717) is 24.7 Å². The first-order chi connectivity index (χ1) is 11.7. The number of anilines is 1. The van der Waals surface area contributed by atoms with Crippen LogP contribution in [-0.4, -0.2) is 49.0 Å². The number of amides is 1. The molecule has 0 aliphatic heterocycles. The third kappa shape index (κ3) is 9.39. The number of para-hydroxylation sites is 2. The molecular formula is C16H27IN6O3. The maximum absolute atomic E-state index is 11.8. The van der Waals surface area contributed by atoms with Crippen LogP contribution in [0, 0.1) is 10.1 Å². The summed E-state index contributed by atoms with van der Waals surface area (Å²) in [4.78, 5) is 26.3. The predicted octanol–water partition coefficient (Wildman–Crippen LogP) is 1.70. The number of carbonyl (C=O) groups is 1. The van der Waals surface area contributed by atoms with Gasteiger partial charge in [0.2, 0.25) is 5.91 Å². The average Bonchev–Trinajstić information content (AvgIpc) is 2.52. The second-order valence-electron chi connectivity index (χ2n) is 6.35. The average molecular weight is 478 g/mol. The lowest BCUT2D eigenvalue weighted by Crippen LogP contribution is -2.48. The Balaban J connectivity index is 0.00000625. The lowest BCUT2D eigenvalue weighted by atomic mass is 10.1. The number of benzene rings is 1. The van der Waals surface area contributed by atoms with Crippen LogP contribution in [-0.2, 0) is 4.79 Å². The van der Waals surface area contributed by atoms with Crippen molar-refractivity contribution in [3.63, 3.8) is 0 Å². The zero-order chi connectivity index (χ0) is 18.9. The van der Waals surface area contributed by atoms with Gasteiger partial charge in [0, 0.05) is 31.7 Å². The summed E-state index contributed by atoms with van der Waals surface area (Å²) in [5, 5.41) is 22.7. The van der Waals surface area contributed by atoms with Gasteiger partial charge < -0.3 is 21.3 Å². The SMILES string of the molecule is CN=C(NCCNc1ccccc1[N+](=O)[O-])NCC(=O)NC(C)(C)C.I. The lowest BCUT2D eigenvalue weighted by Gasteiger charge is -2.21. The molecule has 4 N–H and O–H groups in total. The van der Waals surface area contributed by atoms with Crippen molar-refractivity contribution in [2.45, 2.75) is 26.3 Å². The minimum Gasteiger partial charge on any atom is -0.378 e. The molecule has 0 saturated heterocycles. The molecule has 0 atom stereocenters. The first kappa shape index (κ1) is 23.9. The molecule has 1 aromatic carbocycles. The monoisotopic (exact) mass is 478 g/mol. The van der Waals surface area contributed by atoms with E-state index < -0.39 is 4.92 Å². The zero-order valence-corrected chi connectivity index (χ0v) is 17.8. The number of hydrogen-bond acceptors (Lipinski definition) is 5. The largest absolute Gasteiger partial charge is 0.378 e. The van der Waals surface area contributed by atoms with Crippen LogP contribution in [0.2, 0.25) is 0 Å². The molecule has 0 aliphatic carbocycles. The topological polar surface area (TPSA) is 121 Å². The molecule has 1 rings (SSSR count). The quantitative estimate of drug-likeness (QED) is 0.118. The second-order valence-corrected chi connectivity index (χ2v) is 6.35. The molecule has 0 spiro atoms. The molecule has 146 valence electrons. The summed E-state index contributed by atoms with van der Waals surface area (Å²) < 4.78 is 0. The van der Waals surface area contributed by atoms with Crippen molar-refractivity contribution in [2.75, 3.05) is 32.0 Å². The van der Waals surface area contributed by atoms with Gasteiger partial charge in [0.1, 0.15) is 5.69 Å². The van der Waals surface area contributed by atoms with Gasteiger partial charge >= 0.3 is 0 Å². The minimum absolute atomic E-state index is 0. The molecule has 0 fully saturated rings. The minimum atomic E-state index is -0.427. The van der Waals surface area contributed by atoms with Crippen LogP contribution in [0.3, 0.4) is 0 Å². The highest BCUT2D eigenvalue weighted by atomic mass is 127. The van der Waals surface area contributed by atoms with Crippen LogP contribution in [0.1, 0.15) is 20.8 Å². The summed E-state index contributed by atoms with van der Waals surface area (Å²) in [5.74, 6) is 0.349. The van der Waals surface area contributed by atoms with Gasteiger partial charge in [-0.25, -0.2) is 0 Å². The second kappa shape index (κ2) is 11.5. The maximum atomic E-state index is 11.8. The Morgan fingerprint density at radius 3 is 2.42 bits per heavy atom. The summed E-state index contributed by atoms with van der Waals surface area (Å²) in [5.41, 5.74) is 0.204. The molecule has 0 bridgehead atoms. The van der Waals surface area contributed by atoms with Crippen LogP contribution in [0.4, 0.5) is 11.4 Å². The maximum Gasteiger partial charge on any atom is 0.292 e. The highest BCUT2D eigenvalue weighted by molar-refractivity contribution is 14.0. The van der Waals surface area contributed by atoms with E-state index in [9.17, 15) is 14.9 Å². The molecule has 1 aromatic rings. The summed E-state index contributed by atoms with van der Waals surface area (Å²) >= 11 is 0. The number of carbonyl (C=O) groups excluding carboxylic acids is 1. The number of nitro groups is 1. The van der Waals surface area contributed by atoms with Crippen molar-refractivity contribution in [1.82, 2.24) is 16.0 Å². The number of aliphatic imine (C=N–C) groups is 1. The van der Waals surface area contributed by atoms with Crippen molar-refractivity contribution in [2.24, 2.45) is 4.99 Å². The number of rotatable bonds is 7. The fourth-order valence-corrected chi connectivity index (χ4v) is 2.01. The number of hydrogen-bond donors (Lipinski definition) is 4. The molecule has 0 unspecified atom stereocenters. The summed E-state index contributed by atoms with van der Waals surface area (Å²) in [6, 6.07) is 6.46. The van der Waals surface area contributed by atoms with E-state index in [1.807, 2.05) is 20.8 Å². The summed E-state index contributed by atoms with van der Waals surface area (Å²) in [6.45, 7) is 6.77. The van der Waals surface area contributed by atoms with E-state index in [1.165, 1.54) is 6.07 Å². The van der Waals surface area contributed by atoms with E-state index in [2.05, 4.69) is 26.3 Å². The molecule has 0 aliphatic rings. The molecule has 0 radical (unpaired) electrons. The summed E-state index contributed by atoms with van der Waals surface area (Å²) in [7, 11) is 1.60. The predicted molar refractivity (Wildman–Crippen MR) is 114 cm³/mol. The molecule has 1 amide bonds. The number of nitrogens with one attached hydrogen (secondary N) is 4. The van der Waals surface area contributed by atoms with Crippen molar-refractivity contribution in [1.29, 1.82) is 0 Å². The van der Waals surface area contributed by atoms with Crippen molar-refractivity contribution >= 4 is 47.2 Å². The Hall–Kier alpha value is -2.11. The molecule has 0 saturated carbocycles. The van der Waals surface area contributed by atoms with Gasteiger partial charge in [-0.2, -0.15) is 0 Å². The standard InChI is InChI=1S/C16H26N6O3.HI/c1-16(2,3)21-14(23)11-20-15(17-4)19-10-9-18-12-7-5-6-8-13(12)22(24)25;/h5-8,18H,9-11H2,1-4H3,(H,21,23)(H2,17,19,20);1H. The third-order valence-electron chi connectivity index (χ3n) is 2.99.